The van der Waals surface area contributed by atoms with Crippen LogP contribution in [0.1, 0.15) is 6.42 Å². The van der Waals surface area contributed by atoms with Crippen molar-refractivity contribution in [2.24, 2.45) is 0 Å². The van der Waals surface area contributed by atoms with E-state index < -0.39 is 0 Å². The number of aromatic nitrogens is 4. The fourth-order valence-electron chi connectivity index (χ4n) is 2.86. The highest BCUT2D eigenvalue weighted by Gasteiger charge is 2.29. The second-order valence-corrected chi connectivity index (χ2v) is 6.79. The van der Waals surface area contributed by atoms with E-state index in [1.54, 1.807) is 46.8 Å². The molecule has 2 aromatic heterocycles. The lowest BCUT2D eigenvalue weighted by molar-refractivity contribution is -0.127. The van der Waals surface area contributed by atoms with E-state index in [0.717, 1.165) is 13.0 Å². The number of halogens is 2. The average molecular weight is 377 g/mol. The Labute approximate surface area is 153 Å². The predicted octanol–water partition coefficient (Wildman–Crippen LogP) is 2.74. The van der Waals surface area contributed by atoms with Crippen LogP contribution >= 0.6 is 23.2 Å². The van der Waals surface area contributed by atoms with Crippen molar-refractivity contribution in [1.29, 1.82) is 0 Å². The Morgan fingerprint density at radius 1 is 1.16 bits per heavy atom. The molecule has 7 nitrogen and oxygen atoms in total. The Morgan fingerprint density at radius 2 is 1.92 bits per heavy atom. The first-order valence-corrected chi connectivity index (χ1v) is 8.47. The average Bonchev–Trinajstić information content (AvgIpc) is 3.12. The van der Waals surface area contributed by atoms with Crippen LogP contribution in [0.3, 0.4) is 0 Å². The summed E-state index contributed by atoms with van der Waals surface area (Å²) in [5, 5.41) is 17.0. The van der Waals surface area contributed by atoms with Gasteiger partial charge >= 0.3 is 0 Å². The summed E-state index contributed by atoms with van der Waals surface area (Å²) >= 11 is 12.2. The Kier molecular flexibility index (Phi) is 3.97. The molecule has 1 aromatic carbocycles. The third-order valence-corrected chi connectivity index (χ3v) is 4.57. The lowest BCUT2D eigenvalue weighted by Crippen LogP contribution is -2.31. The minimum atomic E-state index is -0.268. The van der Waals surface area contributed by atoms with E-state index in [2.05, 4.69) is 20.6 Å². The molecule has 1 aliphatic rings. The maximum atomic E-state index is 12.1. The van der Waals surface area contributed by atoms with Crippen LogP contribution in [0.25, 0.3) is 17.0 Å². The molecule has 1 amide bonds. The molecule has 9 heteroatoms. The van der Waals surface area contributed by atoms with Crippen LogP contribution < -0.4 is 5.32 Å². The third-order valence-electron chi connectivity index (χ3n) is 4.13. The molecular formula is C16H14Cl2N6O. The summed E-state index contributed by atoms with van der Waals surface area (Å²) < 4.78 is 1.60. The SMILES string of the molecule is CN1CCC(Nc2ccc3nnc(-c4cc(Cl)cc(Cl)c4)n3n2)C1=O. The van der Waals surface area contributed by atoms with Gasteiger partial charge in [-0.3, -0.25) is 4.79 Å². The fraction of sp³-hybridized carbons (Fsp3) is 0.250. The summed E-state index contributed by atoms with van der Waals surface area (Å²) in [6.07, 6.45) is 0.744. The molecule has 0 bridgehead atoms. The van der Waals surface area contributed by atoms with Crippen LogP contribution in [-0.4, -0.2) is 50.3 Å². The van der Waals surface area contributed by atoms with Gasteiger partial charge in [0.1, 0.15) is 11.9 Å². The number of rotatable bonds is 3. The van der Waals surface area contributed by atoms with Gasteiger partial charge in [0.25, 0.3) is 0 Å². The highest BCUT2D eigenvalue weighted by molar-refractivity contribution is 6.35. The monoisotopic (exact) mass is 376 g/mol. The molecular weight excluding hydrogens is 363 g/mol. The van der Waals surface area contributed by atoms with Crippen molar-refractivity contribution in [3.8, 4) is 11.4 Å². The Hall–Kier alpha value is -2.38. The standard InChI is InChI=1S/C16H14Cl2N6O/c1-23-5-4-12(16(23)25)19-13-2-3-14-20-21-15(24(14)22-13)9-6-10(17)8-11(18)7-9/h2-3,6-8,12H,4-5H2,1H3,(H,19,22). The molecule has 4 rings (SSSR count). The van der Waals surface area contributed by atoms with E-state index in [1.807, 2.05) is 0 Å². The Balaban J connectivity index is 1.71. The summed E-state index contributed by atoms with van der Waals surface area (Å²) in [4.78, 5) is 13.8. The molecule has 0 aliphatic carbocycles. The second kappa shape index (κ2) is 6.16. The first-order chi connectivity index (χ1) is 12.0. The van der Waals surface area contributed by atoms with Crippen LogP contribution in [0.15, 0.2) is 30.3 Å². The zero-order chi connectivity index (χ0) is 17.6. The number of hydrogen-bond acceptors (Lipinski definition) is 5. The van der Waals surface area contributed by atoms with E-state index >= 15 is 0 Å². The number of carbonyl (C=O) groups excluding carboxylic acids is 1. The Bertz CT molecular complexity index is 952. The Morgan fingerprint density at radius 3 is 2.60 bits per heavy atom. The van der Waals surface area contributed by atoms with Crippen LogP contribution in [0.5, 0.6) is 0 Å². The number of carbonyl (C=O) groups is 1. The van der Waals surface area contributed by atoms with Gasteiger partial charge in [0.2, 0.25) is 5.91 Å². The van der Waals surface area contributed by atoms with E-state index in [-0.39, 0.29) is 11.9 Å². The number of hydrogen-bond donors (Lipinski definition) is 1. The van der Waals surface area contributed by atoms with Crippen molar-refractivity contribution in [2.75, 3.05) is 18.9 Å². The zero-order valence-electron chi connectivity index (χ0n) is 13.3. The first-order valence-electron chi connectivity index (χ1n) is 7.72. The van der Waals surface area contributed by atoms with Crippen LogP contribution in [0.4, 0.5) is 5.82 Å². The van der Waals surface area contributed by atoms with Gasteiger partial charge in [-0.1, -0.05) is 23.2 Å². The van der Waals surface area contributed by atoms with E-state index in [1.165, 1.54) is 0 Å². The maximum Gasteiger partial charge on any atom is 0.244 e. The summed E-state index contributed by atoms with van der Waals surface area (Å²) in [6, 6.07) is 8.46. The number of nitrogens with zero attached hydrogens (tertiary/aromatic N) is 5. The van der Waals surface area contributed by atoms with E-state index in [4.69, 9.17) is 23.2 Å². The van der Waals surface area contributed by atoms with Gasteiger partial charge in [0.15, 0.2) is 11.5 Å². The molecule has 3 heterocycles. The van der Waals surface area contributed by atoms with Gasteiger partial charge < -0.3 is 10.2 Å². The lowest BCUT2D eigenvalue weighted by Gasteiger charge is -2.12. The third kappa shape index (κ3) is 3.01. The number of benzene rings is 1. The topological polar surface area (TPSA) is 75.4 Å². The molecule has 0 saturated carbocycles. The molecule has 25 heavy (non-hydrogen) atoms. The zero-order valence-corrected chi connectivity index (χ0v) is 14.8. The van der Waals surface area contributed by atoms with Crippen molar-refractivity contribution in [2.45, 2.75) is 12.5 Å². The van der Waals surface area contributed by atoms with Crippen molar-refractivity contribution in [3.05, 3.63) is 40.4 Å². The molecule has 128 valence electrons. The molecule has 0 radical (unpaired) electrons. The minimum absolute atomic E-state index is 0.0625. The van der Waals surface area contributed by atoms with Gasteiger partial charge in [-0.25, -0.2) is 0 Å². The smallest absolute Gasteiger partial charge is 0.244 e. The van der Waals surface area contributed by atoms with Gasteiger partial charge in [-0.15, -0.1) is 15.3 Å². The van der Waals surface area contributed by atoms with E-state index in [9.17, 15) is 4.79 Å². The van der Waals surface area contributed by atoms with E-state index in [0.29, 0.717) is 32.9 Å². The van der Waals surface area contributed by atoms with Gasteiger partial charge in [-0.2, -0.15) is 4.52 Å². The van der Waals surface area contributed by atoms with Crippen molar-refractivity contribution in [1.82, 2.24) is 24.7 Å². The number of anilines is 1. The highest BCUT2D eigenvalue weighted by Crippen LogP contribution is 2.26. The quantitative estimate of drug-likeness (QED) is 0.760. The van der Waals surface area contributed by atoms with Crippen molar-refractivity contribution >= 4 is 40.6 Å². The van der Waals surface area contributed by atoms with Crippen molar-refractivity contribution in [3.63, 3.8) is 0 Å². The number of amides is 1. The second-order valence-electron chi connectivity index (χ2n) is 5.92. The minimum Gasteiger partial charge on any atom is -0.357 e. The van der Waals surface area contributed by atoms with Gasteiger partial charge in [0.05, 0.1) is 0 Å². The summed E-state index contributed by atoms with van der Waals surface area (Å²) in [5.41, 5.74) is 1.30. The molecule has 3 aromatic rings. The molecule has 1 N–H and O–H groups in total. The highest BCUT2D eigenvalue weighted by atomic mass is 35.5. The van der Waals surface area contributed by atoms with Crippen LogP contribution in [0.2, 0.25) is 10.0 Å². The molecule has 1 unspecified atom stereocenters. The molecule has 1 fully saturated rings. The molecule has 1 saturated heterocycles. The van der Waals surface area contributed by atoms with Crippen LogP contribution in [0, 0.1) is 0 Å². The molecule has 1 atom stereocenters. The molecule has 0 spiro atoms. The largest absolute Gasteiger partial charge is 0.357 e. The fourth-order valence-corrected chi connectivity index (χ4v) is 3.39. The van der Waals surface area contributed by atoms with Gasteiger partial charge in [-0.05, 0) is 36.8 Å². The number of fused-ring (bicyclic) bond motifs is 1. The van der Waals surface area contributed by atoms with Gasteiger partial charge in [0, 0.05) is 29.2 Å². The summed E-state index contributed by atoms with van der Waals surface area (Å²) in [7, 11) is 1.79. The first kappa shape index (κ1) is 16.1. The normalized spacial score (nSPS) is 17.5. The number of nitrogens with one attached hydrogen (secondary N) is 1. The summed E-state index contributed by atoms with van der Waals surface area (Å²) in [5.74, 6) is 1.17. The number of likely N-dealkylation sites (tertiary alicyclic amines) is 1. The lowest BCUT2D eigenvalue weighted by atomic mass is 10.2. The van der Waals surface area contributed by atoms with Crippen LogP contribution in [-0.2, 0) is 4.79 Å². The maximum absolute atomic E-state index is 12.1. The number of likely N-dealkylation sites (N-methyl/N-ethyl adjacent to an activating group) is 1. The summed E-state index contributed by atoms with van der Waals surface area (Å²) in [6.45, 7) is 0.734. The van der Waals surface area contributed by atoms with Crippen molar-refractivity contribution < 1.29 is 4.79 Å². The predicted molar refractivity (Wildman–Crippen MR) is 95.9 cm³/mol. The molecule has 1 aliphatic heterocycles.